The van der Waals surface area contributed by atoms with Crippen molar-refractivity contribution in [1.82, 2.24) is 9.38 Å². The Bertz CT molecular complexity index is 1770. The lowest BCUT2D eigenvalue weighted by Crippen LogP contribution is -2.40. The van der Waals surface area contributed by atoms with E-state index in [1.54, 1.807) is 36.4 Å². The standard InChI is InChI=1S/C29H19N3O5/c1-17-5-2-10-24-30-20(15-25(33)31(17)24)16-37-29(36)19-11-13-21(14-12-19)32-27(34)22-8-3-6-18-7-4-9-23(26(18)22)28(32)35/h2-15H,16H2,1H3. The Morgan fingerprint density at radius 2 is 1.49 bits per heavy atom. The highest BCUT2D eigenvalue weighted by Gasteiger charge is 2.33. The Hall–Kier alpha value is -5.11. The number of carbonyl (C=O) groups is 3. The molecule has 0 saturated carbocycles. The normalized spacial score (nSPS) is 12.8. The molecule has 0 aliphatic carbocycles. The van der Waals surface area contributed by atoms with Crippen molar-refractivity contribution in [3.05, 3.63) is 123 Å². The second-order valence-electron chi connectivity index (χ2n) is 8.72. The Labute approximate surface area is 210 Å². The third kappa shape index (κ3) is 3.66. The fourth-order valence-corrected chi connectivity index (χ4v) is 4.67. The number of carbonyl (C=O) groups excluding carboxylic acids is 3. The van der Waals surface area contributed by atoms with Crippen LogP contribution in [0.5, 0.6) is 0 Å². The second-order valence-corrected chi connectivity index (χ2v) is 8.72. The maximum absolute atomic E-state index is 13.2. The number of aromatic nitrogens is 2. The third-order valence-electron chi connectivity index (χ3n) is 6.42. The van der Waals surface area contributed by atoms with Crippen LogP contribution in [0.1, 0.15) is 42.5 Å². The highest BCUT2D eigenvalue weighted by Crippen LogP contribution is 2.32. The number of ether oxygens (including phenoxy) is 1. The molecule has 8 heteroatoms. The first-order valence-electron chi connectivity index (χ1n) is 11.6. The molecule has 0 N–H and O–H groups in total. The lowest BCUT2D eigenvalue weighted by atomic mass is 9.94. The van der Waals surface area contributed by atoms with Gasteiger partial charge in [0.1, 0.15) is 12.3 Å². The summed E-state index contributed by atoms with van der Waals surface area (Å²) in [6.45, 7) is 1.63. The van der Waals surface area contributed by atoms with Gasteiger partial charge in [0, 0.05) is 28.3 Å². The first-order chi connectivity index (χ1) is 17.9. The van der Waals surface area contributed by atoms with Crippen LogP contribution in [-0.4, -0.2) is 27.2 Å². The SMILES string of the molecule is Cc1cccc2nc(COC(=O)c3ccc(N4C(=O)c5cccc6cccc(c56)C4=O)cc3)cc(=O)n12. The predicted molar refractivity (Wildman–Crippen MR) is 137 cm³/mol. The molecule has 6 rings (SSSR count). The summed E-state index contributed by atoms with van der Waals surface area (Å²) in [6.07, 6.45) is 0. The van der Waals surface area contributed by atoms with Crippen molar-refractivity contribution in [2.45, 2.75) is 13.5 Å². The summed E-state index contributed by atoms with van der Waals surface area (Å²) in [6, 6.07) is 23.4. The maximum atomic E-state index is 13.2. The van der Waals surface area contributed by atoms with Crippen LogP contribution in [0.4, 0.5) is 5.69 Å². The van der Waals surface area contributed by atoms with E-state index in [-0.39, 0.29) is 17.7 Å². The van der Waals surface area contributed by atoms with Crippen LogP contribution in [0.25, 0.3) is 16.4 Å². The van der Waals surface area contributed by atoms with Crippen molar-refractivity contribution in [3.8, 4) is 0 Å². The molecule has 0 atom stereocenters. The third-order valence-corrected chi connectivity index (χ3v) is 6.42. The first-order valence-corrected chi connectivity index (χ1v) is 11.6. The van der Waals surface area contributed by atoms with Crippen molar-refractivity contribution in [2.75, 3.05) is 4.90 Å². The van der Waals surface area contributed by atoms with Crippen molar-refractivity contribution < 1.29 is 19.1 Å². The highest BCUT2D eigenvalue weighted by atomic mass is 16.5. The number of amides is 2. The molecule has 0 spiro atoms. The van der Waals surface area contributed by atoms with Gasteiger partial charge >= 0.3 is 5.97 Å². The Morgan fingerprint density at radius 3 is 2.16 bits per heavy atom. The van der Waals surface area contributed by atoms with E-state index in [0.29, 0.717) is 33.5 Å². The minimum Gasteiger partial charge on any atom is -0.456 e. The first kappa shape index (κ1) is 22.4. The molecule has 0 unspecified atom stereocenters. The van der Waals surface area contributed by atoms with Crippen LogP contribution < -0.4 is 10.5 Å². The van der Waals surface area contributed by atoms with E-state index in [4.69, 9.17) is 4.74 Å². The number of fused-ring (bicyclic) bond motifs is 1. The number of imide groups is 1. The maximum Gasteiger partial charge on any atom is 0.338 e. The number of rotatable bonds is 4. The van der Waals surface area contributed by atoms with Gasteiger partial charge in [0.15, 0.2) is 0 Å². The molecule has 0 fully saturated rings. The van der Waals surface area contributed by atoms with Crippen LogP contribution >= 0.6 is 0 Å². The molecule has 0 radical (unpaired) electrons. The van der Waals surface area contributed by atoms with Crippen LogP contribution in [-0.2, 0) is 11.3 Å². The largest absolute Gasteiger partial charge is 0.456 e. The van der Waals surface area contributed by atoms with Gasteiger partial charge in [-0.05, 0) is 60.8 Å². The van der Waals surface area contributed by atoms with Gasteiger partial charge in [-0.3, -0.25) is 18.8 Å². The zero-order valence-corrected chi connectivity index (χ0v) is 19.7. The van der Waals surface area contributed by atoms with Gasteiger partial charge in [-0.15, -0.1) is 0 Å². The molecule has 3 heterocycles. The van der Waals surface area contributed by atoms with Crippen LogP contribution in [0, 0.1) is 6.92 Å². The van der Waals surface area contributed by atoms with E-state index in [0.717, 1.165) is 16.0 Å². The molecule has 5 aromatic rings. The predicted octanol–water partition coefficient (Wildman–Crippen LogP) is 4.31. The Balaban J connectivity index is 1.22. The van der Waals surface area contributed by atoms with Gasteiger partial charge in [0.2, 0.25) is 0 Å². The molecule has 37 heavy (non-hydrogen) atoms. The van der Waals surface area contributed by atoms with E-state index < -0.39 is 17.8 Å². The summed E-state index contributed by atoms with van der Waals surface area (Å²) < 4.78 is 6.84. The lowest BCUT2D eigenvalue weighted by molar-refractivity contribution is 0.0467. The van der Waals surface area contributed by atoms with Crippen LogP contribution in [0.3, 0.4) is 0 Å². The summed E-state index contributed by atoms with van der Waals surface area (Å²) in [4.78, 5) is 57.0. The molecule has 1 aliphatic heterocycles. The van der Waals surface area contributed by atoms with E-state index in [9.17, 15) is 19.2 Å². The Morgan fingerprint density at radius 1 is 0.838 bits per heavy atom. The fourth-order valence-electron chi connectivity index (χ4n) is 4.67. The zero-order chi connectivity index (χ0) is 25.7. The number of hydrogen-bond acceptors (Lipinski definition) is 6. The van der Waals surface area contributed by atoms with Gasteiger partial charge in [-0.25, -0.2) is 14.7 Å². The van der Waals surface area contributed by atoms with E-state index in [1.807, 2.05) is 25.1 Å². The van der Waals surface area contributed by atoms with Crippen LogP contribution in [0.2, 0.25) is 0 Å². The van der Waals surface area contributed by atoms with Crippen LogP contribution in [0.15, 0.2) is 89.7 Å². The molecule has 0 bridgehead atoms. The van der Waals surface area contributed by atoms with E-state index in [2.05, 4.69) is 4.98 Å². The Kier molecular flexibility index (Phi) is 5.15. The van der Waals surface area contributed by atoms with Gasteiger partial charge in [-0.2, -0.15) is 0 Å². The highest BCUT2D eigenvalue weighted by molar-refractivity contribution is 6.35. The molecule has 2 aromatic heterocycles. The van der Waals surface area contributed by atoms with E-state index >= 15 is 0 Å². The molecular weight excluding hydrogens is 470 g/mol. The molecule has 2 amide bonds. The van der Waals surface area contributed by atoms with Gasteiger partial charge in [0.05, 0.1) is 16.9 Å². The molecule has 180 valence electrons. The number of pyridine rings is 1. The minimum absolute atomic E-state index is 0.176. The molecule has 1 aliphatic rings. The number of aryl methyl sites for hydroxylation is 1. The molecular formula is C29H19N3O5. The number of anilines is 1. The van der Waals surface area contributed by atoms with Gasteiger partial charge in [-0.1, -0.05) is 30.3 Å². The summed E-state index contributed by atoms with van der Waals surface area (Å²) in [7, 11) is 0. The summed E-state index contributed by atoms with van der Waals surface area (Å²) in [5.74, 6) is -1.47. The summed E-state index contributed by atoms with van der Waals surface area (Å²) in [5, 5.41) is 1.47. The smallest absolute Gasteiger partial charge is 0.338 e. The van der Waals surface area contributed by atoms with Gasteiger partial charge in [0.25, 0.3) is 17.4 Å². The van der Waals surface area contributed by atoms with Crippen molar-refractivity contribution in [3.63, 3.8) is 0 Å². The molecule has 0 saturated heterocycles. The summed E-state index contributed by atoms with van der Waals surface area (Å²) >= 11 is 0. The average molecular weight is 489 g/mol. The van der Waals surface area contributed by atoms with Crippen molar-refractivity contribution in [1.29, 1.82) is 0 Å². The number of hydrogen-bond donors (Lipinski definition) is 0. The lowest BCUT2D eigenvalue weighted by Gasteiger charge is -2.27. The summed E-state index contributed by atoms with van der Waals surface area (Å²) in [5.41, 5.74) is 2.77. The number of benzene rings is 3. The average Bonchev–Trinajstić information content (AvgIpc) is 2.90. The second kappa shape index (κ2) is 8.53. The number of esters is 1. The van der Waals surface area contributed by atoms with Crippen molar-refractivity contribution in [2.24, 2.45) is 0 Å². The zero-order valence-electron chi connectivity index (χ0n) is 19.7. The van der Waals surface area contributed by atoms with E-state index in [1.165, 1.54) is 34.7 Å². The topological polar surface area (TPSA) is 98.0 Å². The van der Waals surface area contributed by atoms with Gasteiger partial charge < -0.3 is 4.74 Å². The number of nitrogens with zero attached hydrogens (tertiary/aromatic N) is 3. The monoisotopic (exact) mass is 489 g/mol. The minimum atomic E-state index is -0.621. The van der Waals surface area contributed by atoms with Crippen molar-refractivity contribution >= 4 is 39.9 Å². The molecule has 8 nitrogen and oxygen atoms in total. The molecule has 3 aromatic carbocycles. The fraction of sp³-hybridized carbons (Fsp3) is 0.0690. The quantitative estimate of drug-likeness (QED) is 0.276.